The molecule has 0 spiro atoms. The molecule has 0 bridgehead atoms. The molecule has 1 aliphatic carbocycles. The molecule has 0 aromatic carbocycles. The van der Waals surface area contributed by atoms with E-state index in [1.165, 1.54) is 37.2 Å². The van der Waals surface area contributed by atoms with E-state index in [2.05, 4.69) is 49.2 Å². The minimum atomic E-state index is 0.663. The summed E-state index contributed by atoms with van der Waals surface area (Å²) in [5.74, 6) is 1.59. The Kier molecular flexibility index (Phi) is 4.60. The summed E-state index contributed by atoms with van der Waals surface area (Å²) in [5.41, 5.74) is 2.41. The van der Waals surface area contributed by atoms with Crippen LogP contribution in [-0.4, -0.2) is 28.5 Å². The van der Waals surface area contributed by atoms with Gasteiger partial charge in [-0.3, -0.25) is 9.88 Å². The van der Waals surface area contributed by atoms with Gasteiger partial charge in [-0.05, 0) is 50.2 Å². The fourth-order valence-electron chi connectivity index (χ4n) is 3.50. The molecule has 1 aromatic heterocycles. The molecule has 21 heavy (non-hydrogen) atoms. The molecular formula is C18H29N3. The molecule has 1 aromatic rings. The fraction of sp³-hybridized carbons (Fsp3) is 0.722. The van der Waals surface area contributed by atoms with Crippen LogP contribution in [0.15, 0.2) is 18.2 Å². The Bertz CT molecular complexity index is 469. The van der Waals surface area contributed by atoms with Gasteiger partial charge in [0.2, 0.25) is 0 Å². The summed E-state index contributed by atoms with van der Waals surface area (Å²) in [5, 5.41) is 3.55. The van der Waals surface area contributed by atoms with Crippen LogP contribution in [0.25, 0.3) is 0 Å². The highest BCUT2D eigenvalue weighted by Crippen LogP contribution is 2.27. The Morgan fingerprint density at radius 3 is 2.71 bits per heavy atom. The van der Waals surface area contributed by atoms with Crippen LogP contribution < -0.4 is 5.32 Å². The minimum Gasteiger partial charge on any atom is -0.308 e. The molecule has 0 amide bonds. The van der Waals surface area contributed by atoms with E-state index in [0.717, 1.165) is 31.0 Å². The summed E-state index contributed by atoms with van der Waals surface area (Å²) in [6, 6.07) is 7.89. The number of aromatic nitrogens is 1. The Morgan fingerprint density at radius 2 is 1.95 bits per heavy atom. The van der Waals surface area contributed by atoms with Crippen LogP contribution in [0, 0.1) is 11.8 Å². The first-order valence-electron chi connectivity index (χ1n) is 8.54. The van der Waals surface area contributed by atoms with Crippen LogP contribution in [0.4, 0.5) is 0 Å². The highest BCUT2D eigenvalue weighted by atomic mass is 15.2. The quantitative estimate of drug-likeness (QED) is 0.901. The normalized spacial score (nSPS) is 30.5. The number of likely N-dealkylation sites (tertiary alicyclic amines) is 1. The molecule has 116 valence electrons. The summed E-state index contributed by atoms with van der Waals surface area (Å²) >= 11 is 0. The molecule has 3 unspecified atom stereocenters. The average Bonchev–Trinajstić information content (AvgIpc) is 3.27. The number of piperidine rings is 1. The Hall–Kier alpha value is -0.930. The zero-order chi connectivity index (χ0) is 14.8. The molecule has 2 fully saturated rings. The van der Waals surface area contributed by atoms with E-state index in [-0.39, 0.29) is 0 Å². The van der Waals surface area contributed by atoms with Crippen molar-refractivity contribution in [2.75, 3.05) is 6.54 Å². The van der Waals surface area contributed by atoms with Gasteiger partial charge in [-0.15, -0.1) is 0 Å². The van der Waals surface area contributed by atoms with Gasteiger partial charge in [-0.25, -0.2) is 0 Å². The van der Waals surface area contributed by atoms with Gasteiger partial charge in [0, 0.05) is 31.7 Å². The second kappa shape index (κ2) is 6.45. The SMILES string of the molecule is CC1CC(C)C(C)N(Cc2cccc(CNC3CC3)n2)C1. The van der Waals surface area contributed by atoms with Crippen molar-refractivity contribution in [2.24, 2.45) is 11.8 Å². The van der Waals surface area contributed by atoms with Gasteiger partial charge in [0.15, 0.2) is 0 Å². The van der Waals surface area contributed by atoms with Gasteiger partial charge in [-0.2, -0.15) is 0 Å². The fourth-order valence-corrected chi connectivity index (χ4v) is 3.50. The van der Waals surface area contributed by atoms with Crippen LogP contribution in [-0.2, 0) is 13.1 Å². The van der Waals surface area contributed by atoms with Crippen LogP contribution in [0.1, 0.15) is 51.4 Å². The third-order valence-electron chi connectivity index (χ3n) is 5.10. The van der Waals surface area contributed by atoms with E-state index in [9.17, 15) is 0 Å². The van der Waals surface area contributed by atoms with Crippen molar-refractivity contribution in [1.29, 1.82) is 0 Å². The molecule has 0 radical (unpaired) electrons. The van der Waals surface area contributed by atoms with Gasteiger partial charge in [-0.1, -0.05) is 19.9 Å². The second-order valence-corrected chi connectivity index (χ2v) is 7.26. The van der Waals surface area contributed by atoms with Crippen molar-refractivity contribution >= 4 is 0 Å². The third-order valence-corrected chi connectivity index (χ3v) is 5.10. The van der Waals surface area contributed by atoms with Crippen molar-refractivity contribution in [3.8, 4) is 0 Å². The number of pyridine rings is 1. The van der Waals surface area contributed by atoms with Crippen molar-refractivity contribution in [3.63, 3.8) is 0 Å². The zero-order valence-electron chi connectivity index (χ0n) is 13.7. The maximum Gasteiger partial charge on any atom is 0.0547 e. The lowest BCUT2D eigenvalue weighted by atomic mass is 9.86. The Morgan fingerprint density at radius 1 is 1.19 bits per heavy atom. The summed E-state index contributed by atoms with van der Waals surface area (Å²) in [6.07, 6.45) is 4.03. The average molecular weight is 287 g/mol. The monoisotopic (exact) mass is 287 g/mol. The maximum absolute atomic E-state index is 4.85. The third kappa shape index (κ3) is 4.04. The first-order valence-corrected chi connectivity index (χ1v) is 8.54. The van der Waals surface area contributed by atoms with Gasteiger partial charge in [0.25, 0.3) is 0 Å². The predicted octanol–water partition coefficient (Wildman–Crippen LogP) is 3.20. The predicted molar refractivity (Wildman–Crippen MR) is 86.9 cm³/mol. The number of nitrogens with zero attached hydrogens (tertiary/aromatic N) is 2. The molecule has 1 saturated carbocycles. The second-order valence-electron chi connectivity index (χ2n) is 7.26. The largest absolute Gasteiger partial charge is 0.308 e. The summed E-state index contributed by atoms with van der Waals surface area (Å²) in [6.45, 7) is 10.2. The lowest BCUT2D eigenvalue weighted by molar-refractivity contribution is 0.0718. The minimum absolute atomic E-state index is 0.663. The maximum atomic E-state index is 4.85. The van der Waals surface area contributed by atoms with Gasteiger partial charge in [0.05, 0.1) is 11.4 Å². The standard InChI is InChI=1S/C18H29N3/c1-13-9-14(2)15(3)21(11-13)12-18-6-4-5-17(20-18)10-19-16-7-8-16/h4-6,13-16,19H,7-12H2,1-3H3. The van der Waals surface area contributed by atoms with Crippen LogP contribution in [0.3, 0.4) is 0 Å². The molecule has 3 nitrogen and oxygen atoms in total. The van der Waals surface area contributed by atoms with Gasteiger partial charge < -0.3 is 5.32 Å². The van der Waals surface area contributed by atoms with E-state index in [1.54, 1.807) is 0 Å². The van der Waals surface area contributed by atoms with E-state index in [1.807, 2.05) is 0 Å². The zero-order valence-corrected chi connectivity index (χ0v) is 13.7. The molecule has 2 aliphatic rings. The first kappa shape index (κ1) is 15.0. The Labute approximate surface area is 129 Å². The number of rotatable bonds is 5. The van der Waals surface area contributed by atoms with Gasteiger partial charge >= 0.3 is 0 Å². The molecule has 1 saturated heterocycles. The van der Waals surface area contributed by atoms with Crippen molar-refractivity contribution < 1.29 is 0 Å². The summed E-state index contributed by atoms with van der Waals surface area (Å²) in [4.78, 5) is 7.46. The molecular weight excluding hydrogens is 258 g/mol. The van der Waals surface area contributed by atoms with E-state index >= 15 is 0 Å². The highest BCUT2D eigenvalue weighted by molar-refractivity contribution is 5.12. The molecule has 3 rings (SSSR count). The summed E-state index contributed by atoms with van der Waals surface area (Å²) in [7, 11) is 0. The van der Waals surface area contributed by atoms with E-state index in [0.29, 0.717) is 6.04 Å². The molecule has 3 heteroatoms. The summed E-state index contributed by atoms with van der Waals surface area (Å²) < 4.78 is 0. The molecule has 3 atom stereocenters. The van der Waals surface area contributed by atoms with E-state index < -0.39 is 0 Å². The number of nitrogens with one attached hydrogen (secondary N) is 1. The number of hydrogen-bond donors (Lipinski definition) is 1. The lowest BCUT2D eigenvalue weighted by Crippen LogP contribution is -2.45. The topological polar surface area (TPSA) is 28.2 Å². The van der Waals surface area contributed by atoms with Crippen molar-refractivity contribution in [2.45, 2.75) is 65.2 Å². The molecule has 1 aliphatic heterocycles. The van der Waals surface area contributed by atoms with Crippen LogP contribution in [0.2, 0.25) is 0 Å². The number of hydrogen-bond acceptors (Lipinski definition) is 3. The lowest BCUT2D eigenvalue weighted by Gasteiger charge is -2.41. The van der Waals surface area contributed by atoms with Crippen molar-refractivity contribution in [1.82, 2.24) is 15.2 Å². The van der Waals surface area contributed by atoms with E-state index in [4.69, 9.17) is 4.98 Å². The molecule has 2 heterocycles. The smallest absolute Gasteiger partial charge is 0.0547 e. The highest BCUT2D eigenvalue weighted by Gasteiger charge is 2.28. The van der Waals surface area contributed by atoms with Crippen LogP contribution in [0.5, 0.6) is 0 Å². The molecule has 1 N–H and O–H groups in total. The first-order chi connectivity index (χ1) is 10.1. The van der Waals surface area contributed by atoms with Crippen LogP contribution >= 0.6 is 0 Å². The van der Waals surface area contributed by atoms with Gasteiger partial charge in [0.1, 0.15) is 0 Å². The Balaban J connectivity index is 1.61. The van der Waals surface area contributed by atoms with Crippen molar-refractivity contribution in [3.05, 3.63) is 29.6 Å².